The minimum atomic E-state index is -0.348. The van der Waals surface area contributed by atoms with E-state index in [1.54, 1.807) is 0 Å². The number of amides is 1. The van der Waals surface area contributed by atoms with Crippen LogP contribution in [0.5, 0.6) is 0 Å². The van der Waals surface area contributed by atoms with Crippen molar-refractivity contribution in [1.29, 1.82) is 0 Å². The molecule has 0 saturated carbocycles. The van der Waals surface area contributed by atoms with E-state index in [0.29, 0.717) is 18.6 Å². The van der Waals surface area contributed by atoms with Gasteiger partial charge >= 0.3 is 0 Å². The Morgan fingerprint density at radius 2 is 1.80 bits per heavy atom. The second-order valence-electron chi connectivity index (χ2n) is 6.70. The first kappa shape index (κ1) is 15.8. The molecule has 2 aliphatic heterocycles. The van der Waals surface area contributed by atoms with Gasteiger partial charge in [-0.1, -0.05) is 6.42 Å². The lowest BCUT2D eigenvalue weighted by atomic mass is 9.96. The molecule has 2 fully saturated rings. The summed E-state index contributed by atoms with van der Waals surface area (Å²) < 4.78 is 0. The van der Waals surface area contributed by atoms with E-state index in [9.17, 15) is 9.90 Å². The van der Waals surface area contributed by atoms with Crippen molar-refractivity contribution < 1.29 is 9.90 Å². The molecule has 0 unspecified atom stereocenters. The molecule has 0 aromatic carbocycles. The van der Waals surface area contributed by atoms with E-state index in [1.807, 2.05) is 6.92 Å². The Morgan fingerprint density at radius 1 is 1.15 bits per heavy atom. The molecule has 20 heavy (non-hydrogen) atoms. The summed E-state index contributed by atoms with van der Waals surface area (Å²) in [5, 5.41) is 9.91. The van der Waals surface area contributed by atoms with Gasteiger partial charge in [0.2, 0.25) is 5.91 Å². The second kappa shape index (κ2) is 6.90. The smallest absolute Gasteiger partial charge is 0.237 e. The summed E-state index contributed by atoms with van der Waals surface area (Å²) in [7, 11) is 0. The topological polar surface area (TPSA) is 43.8 Å². The predicted octanol–water partition coefficient (Wildman–Crippen LogP) is 2.01. The zero-order chi connectivity index (χ0) is 14.7. The van der Waals surface area contributed by atoms with Crippen LogP contribution in [-0.4, -0.2) is 58.1 Å². The Kier molecular flexibility index (Phi) is 5.44. The number of hydrogen-bond donors (Lipinski definition) is 1. The van der Waals surface area contributed by atoms with Crippen molar-refractivity contribution in [1.82, 2.24) is 9.80 Å². The van der Waals surface area contributed by atoms with E-state index in [2.05, 4.69) is 23.6 Å². The quantitative estimate of drug-likeness (QED) is 0.861. The Bertz CT molecular complexity index is 322. The van der Waals surface area contributed by atoms with Crippen LogP contribution in [0.4, 0.5) is 0 Å². The largest absolute Gasteiger partial charge is 0.392 e. The van der Waals surface area contributed by atoms with Gasteiger partial charge in [-0.3, -0.25) is 9.69 Å². The fraction of sp³-hybridized carbons (Fsp3) is 0.938. The lowest BCUT2D eigenvalue weighted by molar-refractivity contribution is -0.140. The van der Waals surface area contributed by atoms with Crippen LogP contribution in [0.15, 0.2) is 0 Å². The van der Waals surface area contributed by atoms with Gasteiger partial charge in [-0.25, -0.2) is 0 Å². The molecule has 1 N–H and O–H groups in total. The number of nitrogens with zero attached hydrogens (tertiary/aromatic N) is 2. The number of likely N-dealkylation sites (tertiary alicyclic amines) is 2. The van der Waals surface area contributed by atoms with E-state index >= 15 is 0 Å². The lowest BCUT2D eigenvalue weighted by Gasteiger charge is -2.42. The normalized spacial score (nSPS) is 34.0. The zero-order valence-corrected chi connectivity index (χ0v) is 13.2. The van der Waals surface area contributed by atoms with Gasteiger partial charge in [0.25, 0.3) is 0 Å². The molecule has 2 saturated heterocycles. The lowest BCUT2D eigenvalue weighted by Crippen LogP contribution is -2.54. The third-order valence-corrected chi connectivity index (χ3v) is 5.04. The molecule has 1 amide bonds. The maximum atomic E-state index is 12.7. The summed E-state index contributed by atoms with van der Waals surface area (Å²) in [5.74, 6) is 0.247. The molecule has 116 valence electrons. The molecule has 4 heteroatoms. The predicted molar refractivity (Wildman–Crippen MR) is 80.5 cm³/mol. The Labute approximate surface area is 123 Å². The molecular formula is C16H30N2O2. The van der Waals surface area contributed by atoms with Gasteiger partial charge in [0, 0.05) is 18.1 Å². The maximum Gasteiger partial charge on any atom is 0.237 e. The fourth-order valence-corrected chi connectivity index (χ4v) is 3.93. The maximum absolute atomic E-state index is 12.7. The van der Waals surface area contributed by atoms with Gasteiger partial charge in [-0.15, -0.1) is 0 Å². The first-order chi connectivity index (χ1) is 9.50. The van der Waals surface area contributed by atoms with Crippen molar-refractivity contribution in [2.24, 2.45) is 0 Å². The van der Waals surface area contributed by atoms with Crippen LogP contribution < -0.4 is 0 Å². The molecule has 0 spiro atoms. The Balaban J connectivity index is 1.98. The van der Waals surface area contributed by atoms with E-state index in [-0.39, 0.29) is 18.1 Å². The summed E-state index contributed by atoms with van der Waals surface area (Å²) in [6.07, 6.45) is 6.44. The molecule has 0 radical (unpaired) electrons. The summed E-state index contributed by atoms with van der Waals surface area (Å²) in [4.78, 5) is 16.9. The Morgan fingerprint density at radius 3 is 2.40 bits per heavy atom. The van der Waals surface area contributed by atoms with Crippen molar-refractivity contribution in [3.63, 3.8) is 0 Å². The molecule has 2 heterocycles. The summed E-state index contributed by atoms with van der Waals surface area (Å²) in [5.41, 5.74) is 0. The van der Waals surface area contributed by atoms with Gasteiger partial charge < -0.3 is 10.0 Å². The van der Waals surface area contributed by atoms with Gasteiger partial charge in [-0.2, -0.15) is 0 Å². The fourth-order valence-electron chi connectivity index (χ4n) is 3.93. The van der Waals surface area contributed by atoms with Gasteiger partial charge in [-0.05, 0) is 59.4 Å². The van der Waals surface area contributed by atoms with Crippen molar-refractivity contribution in [3.8, 4) is 0 Å². The zero-order valence-electron chi connectivity index (χ0n) is 13.2. The van der Waals surface area contributed by atoms with Crippen molar-refractivity contribution in [3.05, 3.63) is 0 Å². The van der Waals surface area contributed by atoms with Crippen molar-refractivity contribution in [2.45, 2.75) is 83.5 Å². The third kappa shape index (κ3) is 3.53. The molecule has 2 rings (SSSR count). The minimum absolute atomic E-state index is 0.156. The number of aliphatic hydroxyl groups excluding tert-OH is 1. The van der Waals surface area contributed by atoms with Crippen LogP contribution in [0.25, 0.3) is 0 Å². The van der Waals surface area contributed by atoms with Gasteiger partial charge in [0.1, 0.15) is 0 Å². The average molecular weight is 282 g/mol. The third-order valence-electron chi connectivity index (χ3n) is 5.04. The van der Waals surface area contributed by atoms with E-state index < -0.39 is 0 Å². The highest BCUT2D eigenvalue weighted by atomic mass is 16.3. The van der Waals surface area contributed by atoms with Crippen LogP contribution in [0.2, 0.25) is 0 Å². The van der Waals surface area contributed by atoms with Crippen molar-refractivity contribution >= 4 is 5.91 Å². The number of aliphatic hydroxyl groups is 1. The van der Waals surface area contributed by atoms with Gasteiger partial charge in [0.15, 0.2) is 0 Å². The summed E-state index contributed by atoms with van der Waals surface area (Å²) >= 11 is 0. The molecule has 4 nitrogen and oxygen atoms in total. The van der Waals surface area contributed by atoms with Crippen LogP contribution in [0.3, 0.4) is 0 Å². The first-order valence-corrected chi connectivity index (χ1v) is 8.24. The molecule has 0 aliphatic carbocycles. The highest BCUT2D eigenvalue weighted by Gasteiger charge is 2.33. The number of rotatable bonds is 3. The van der Waals surface area contributed by atoms with Crippen LogP contribution in [0.1, 0.15) is 59.3 Å². The number of carbonyl (C=O) groups excluding carboxylic acids is 1. The highest BCUT2D eigenvalue weighted by Crippen LogP contribution is 2.24. The molecule has 4 atom stereocenters. The summed E-state index contributed by atoms with van der Waals surface area (Å²) in [6, 6.07) is 0.880. The molecule has 2 aliphatic rings. The van der Waals surface area contributed by atoms with Crippen LogP contribution in [0, 0.1) is 0 Å². The van der Waals surface area contributed by atoms with Gasteiger partial charge in [0.05, 0.1) is 12.6 Å². The monoisotopic (exact) mass is 282 g/mol. The van der Waals surface area contributed by atoms with Crippen LogP contribution in [-0.2, 0) is 4.79 Å². The molecule has 0 aromatic rings. The first-order valence-electron chi connectivity index (χ1n) is 8.24. The SMILES string of the molecule is C[C@H](O)[C@H]1CCCCN1CC(=O)N1[C@H](C)CCC[C@@H]1C. The van der Waals surface area contributed by atoms with E-state index in [1.165, 1.54) is 6.42 Å². The number of carbonyl (C=O) groups is 1. The summed E-state index contributed by atoms with van der Waals surface area (Å²) in [6.45, 7) is 7.59. The molecule has 0 bridgehead atoms. The number of hydrogen-bond acceptors (Lipinski definition) is 3. The highest BCUT2D eigenvalue weighted by molar-refractivity contribution is 5.79. The number of piperidine rings is 2. The average Bonchev–Trinajstić information content (AvgIpc) is 2.38. The van der Waals surface area contributed by atoms with E-state index in [0.717, 1.165) is 38.6 Å². The standard InChI is InChI=1S/C16H30N2O2/c1-12-7-6-8-13(2)18(12)16(20)11-17-10-5-4-9-15(17)14(3)19/h12-15,19H,4-11H2,1-3H3/t12-,13+,14-,15+/m0/s1. The minimum Gasteiger partial charge on any atom is -0.392 e. The van der Waals surface area contributed by atoms with Crippen molar-refractivity contribution in [2.75, 3.05) is 13.1 Å². The Hall–Kier alpha value is -0.610. The van der Waals surface area contributed by atoms with E-state index in [4.69, 9.17) is 0 Å². The molecule has 0 aromatic heterocycles. The second-order valence-corrected chi connectivity index (χ2v) is 6.70. The molecular weight excluding hydrogens is 252 g/mol. The van der Waals surface area contributed by atoms with Crippen LogP contribution >= 0.6 is 0 Å².